The summed E-state index contributed by atoms with van der Waals surface area (Å²) in [4.78, 5) is 3.96. The molecule has 0 spiro atoms. The predicted molar refractivity (Wildman–Crippen MR) is 68.7 cm³/mol. The van der Waals surface area contributed by atoms with Gasteiger partial charge in [0.15, 0.2) is 16.9 Å². The van der Waals surface area contributed by atoms with Crippen LogP contribution in [0, 0.1) is 0 Å². The van der Waals surface area contributed by atoms with Gasteiger partial charge in [-0.1, -0.05) is 11.8 Å². The molecule has 2 aliphatic rings. The number of nitrogens with zero attached hydrogens (tertiary/aromatic N) is 1. The summed E-state index contributed by atoms with van der Waals surface area (Å²) in [5.41, 5.74) is -4.38. The highest BCUT2D eigenvalue weighted by atomic mass is 32.2. The van der Waals surface area contributed by atoms with Gasteiger partial charge in [-0.05, 0) is 13.8 Å². The van der Waals surface area contributed by atoms with Crippen LogP contribution in [0.1, 0.15) is 13.8 Å². The number of hydrogen-bond donors (Lipinski definition) is 3. The van der Waals surface area contributed by atoms with Crippen LogP contribution in [0.4, 0.5) is 17.6 Å². The highest BCUT2D eigenvalue weighted by molar-refractivity contribution is 8.14. The Bertz CT molecular complexity index is 432. The predicted octanol–water partition coefficient (Wildman–Crippen LogP) is 0.804. The van der Waals surface area contributed by atoms with Crippen molar-refractivity contribution in [1.29, 1.82) is 0 Å². The van der Waals surface area contributed by atoms with Crippen LogP contribution in [0.5, 0.6) is 0 Å². The molecule has 6 atom stereocenters. The molecule has 0 aromatic carbocycles. The lowest BCUT2D eigenvalue weighted by molar-refractivity contribution is -0.314. The van der Waals surface area contributed by atoms with Crippen molar-refractivity contribution in [3.05, 3.63) is 0 Å². The van der Waals surface area contributed by atoms with Crippen molar-refractivity contribution in [2.75, 3.05) is 6.54 Å². The van der Waals surface area contributed by atoms with E-state index in [1.807, 2.05) is 0 Å². The summed E-state index contributed by atoms with van der Waals surface area (Å²) in [7, 11) is 0. The standard InChI is InChI=1S/C11H16F4N2O3S/c1-3-16-9-17-5-4(12)6(18)7(20-8(5)21-9)10(2,19)11(13,14)15/h4-8,18-19H,3H2,1-2H3,(H,16,17)/t4-,5-,6+,7+,8-,10?/m1/s1. The van der Waals surface area contributed by atoms with E-state index in [0.29, 0.717) is 18.6 Å². The zero-order chi connectivity index (χ0) is 16.0. The van der Waals surface area contributed by atoms with Crippen LogP contribution >= 0.6 is 11.8 Å². The normalized spacial score (nSPS) is 39.4. The van der Waals surface area contributed by atoms with E-state index < -0.39 is 41.6 Å². The minimum atomic E-state index is -5.06. The Balaban J connectivity index is 2.21. The van der Waals surface area contributed by atoms with Gasteiger partial charge in [-0.3, -0.25) is 4.99 Å². The molecule has 1 saturated heterocycles. The van der Waals surface area contributed by atoms with Crippen LogP contribution in [0.3, 0.4) is 0 Å². The highest BCUT2D eigenvalue weighted by Gasteiger charge is 2.63. The van der Waals surface area contributed by atoms with Gasteiger partial charge in [0.2, 0.25) is 0 Å². The first-order valence-corrected chi connectivity index (χ1v) is 7.22. The first-order valence-electron chi connectivity index (χ1n) is 6.34. The second-order valence-electron chi connectivity index (χ2n) is 5.08. The Kier molecular flexibility index (Phi) is 4.45. The van der Waals surface area contributed by atoms with Crippen LogP contribution in [0.2, 0.25) is 0 Å². The Morgan fingerprint density at radius 3 is 2.57 bits per heavy atom. The van der Waals surface area contributed by atoms with E-state index in [1.165, 1.54) is 0 Å². The molecule has 122 valence electrons. The lowest BCUT2D eigenvalue weighted by Gasteiger charge is -2.43. The molecular formula is C11H16F4N2O3S. The second-order valence-corrected chi connectivity index (χ2v) is 6.17. The van der Waals surface area contributed by atoms with Gasteiger partial charge in [-0.15, -0.1) is 0 Å². The number of fused-ring (bicyclic) bond motifs is 1. The molecule has 0 bridgehead atoms. The molecule has 10 heteroatoms. The maximum absolute atomic E-state index is 14.2. The third kappa shape index (κ3) is 2.86. The average Bonchev–Trinajstić information content (AvgIpc) is 2.75. The molecule has 0 radical (unpaired) electrons. The number of aliphatic hydroxyl groups excluding tert-OH is 1. The zero-order valence-electron chi connectivity index (χ0n) is 11.3. The van der Waals surface area contributed by atoms with Gasteiger partial charge in [0.1, 0.15) is 23.7 Å². The van der Waals surface area contributed by atoms with Crippen molar-refractivity contribution >= 4 is 16.9 Å². The zero-order valence-corrected chi connectivity index (χ0v) is 12.1. The Morgan fingerprint density at radius 2 is 2.05 bits per heavy atom. The molecule has 0 aromatic heterocycles. The smallest absolute Gasteiger partial charge is 0.387 e. The molecule has 2 aliphatic heterocycles. The van der Waals surface area contributed by atoms with Crippen molar-refractivity contribution in [2.45, 2.75) is 55.5 Å². The summed E-state index contributed by atoms with van der Waals surface area (Å²) >= 11 is 0.943. The Hall–Kier alpha value is -0.580. The molecule has 0 saturated carbocycles. The van der Waals surface area contributed by atoms with Crippen LogP contribution in [0.25, 0.3) is 0 Å². The first kappa shape index (κ1) is 16.8. The molecular weight excluding hydrogens is 316 g/mol. The van der Waals surface area contributed by atoms with Crippen molar-refractivity contribution < 1.29 is 32.5 Å². The van der Waals surface area contributed by atoms with Gasteiger partial charge in [0.25, 0.3) is 0 Å². The number of rotatable bonds is 2. The number of nitrogens with one attached hydrogen (secondary N) is 1. The number of aliphatic hydroxyl groups is 2. The molecule has 0 amide bonds. The van der Waals surface area contributed by atoms with Gasteiger partial charge < -0.3 is 20.3 Å². The second kappa shape index (κ2) is 5.56. The summed E-state index contributed by atoms with van der Waals surface area (Å²) in [5.74, 6) is 0. The van der Waals surface area contributed by atoms with Crippen LogP contribution < -0.4 is 5.32 Å². The number of thioether (sulfide) groups is 1. The Labute approximate surface area is 122 Å². The maximum atomic E-state index is 14.2. The largest absolute Gasteiger partial charge is 0.419 e. The van der Waals surface area contributed by atoms with Gasteiger partial charge in [-0.25, -0.2) is 4.39 Å². The topological polar surface area (TPSA) is 74.1 Å². The van der Waals surface area contributed by atoms with E-state index in [1.54, 1.807) is 6.92 Å². The molecule has 1 unspecified atom stereocenters. The van der Waals surface area contributed by atoms with E-state index in [2.05, 4.69) is 10.3 Å². The number of amidine groups is 1. The minimum Gasteiger partial charge on any atom is -0.387 e. The summed E-state index contributed by atoms with van der Waals surface area (Å²) in [6, 6.07) is -1.10. The van der Waals surface area contributed by atoms with Gasteiger partial charge in [0, 0.05) is 6.54 Å². The van der Waals surface area contributed by atoms with Gasteiger partial charge >= 0.3 is 6.18 Å². The third-order valence-corrected chi connectivity index (χ3v) is 4.57. The molecule has 2 heterocycles. The number of halogens is 4. The maximum Gasteiger partial charge on any atom is 0.419 e. The van der Waals surface area contributed by atoms with Crippen LogP contribution in [-0.2, 0) is 4.74 Å². The van der Waals surface area contributed by atoms with Crippen molar-refractivity contribution in [1.82, 2.24) is 5.32 Å². The van der Waals surface area contributed by atoms with Gasteiger partial charge in [-0.2, -0.15) is 13.2 Å². The molecule has 0 aromatic rings. The summed E-state index contributed by atoms with van der Waals surface area (Å²) in [6.07, 6.45) is -11.3. The highest BCUT2D eigenvalue weighted by Crippen LogP contribution is 2.44. The molecule has 1 fully saturated rings. The van der Waals surface area contributed by atoms with Crippen molar-refractivity contribution in [3.8, 4) is 0 Å². The minimum absolute atomic E-state index is 0.342. The Morgan fingerprint density at radius 1 is 1.43 bits per heavy atom. The monoisotopic (exact) mass is 332 g/mol. The molecule has 0 aliphatic carbocycles. The number of alkyl halides is 4. The third-order valence-electron chi connectivity index (χ3n) is 3.47. The number of aliphatic imine (C=N–C) groups is 1. The van der Waals surface area contributed by atoms with Crippen LogP contribution in [0.15, 0.2) is 4.99 Å². The lowest BCUT2D eigenvalue weighted by Crippen LogP contribution is -2.65. The number of hydrogen-bond acceptors (Lipinski definition) is 6. The SMILES string of the molecule is CCNC1=N[C@@H]2[C@@H](F)[C@H](O)[C@@H](C(C)(O)C(F)(F)F)O[C@@H]2S1. The fraction of sp³-hybridized carbons (Fsp3) is 0.909. The molecule has 3 N–H and O–H groups in total. The molecule has 2 rings (SSSR count). The average molecular weight is 332 g/mol. The van der Waals surface area contributed by atoms with E-state index in [4.69, 9.17) is 4.74 Å². The fourth-order valence-corrected chi connectivity index (χ4v) is 3.35. The van der Waals surface area contributed by atoms with Gasteiger partial charge in [0.05, 0.1) is 0 Å². The van der Waals surface area contributed by atoms with E-state index >= 15 is 0 Å². The van der Waals surface area contributed by atoms with Crippen molar-refractivity contribution in [2.24, 2.45) is 4.99 Å². The molecule has 5 nitrogen and oxygen atoms in total. The quantitative estimate of drug-likeness (QED) is 0.653. The first-order chi connectivity index (χ1) is 9.59. The summed E-state index contributed by atoms with van der Waals surface area (Å²) < 4.78 is 57.8. The van der Waals surface area contributed by atoms with Crippen molar-refractivity contribution in [3.63, 3.8) is 0 Å². The summed E-state index contributed by atoms with van der Waals surface area (Å²) in [6.45, 7) is 2.75. The number of ether oxygens (including phenoxy) is 1. The van der Waals surface area contributed by atoms with Crippen LogP contribution in [-0.4, -0.2) is 63.6 Å². The summed E-state index contributed by atoms with van der Waals surface area (Å²) in [5, 5.41) is 22.5. The van der Waals surface area contributed by atoms with E-state index in [9.17, 15) is 27.8 Å². The lowest BCUT2D eigenvalue weighted by atomic mass is 9.87. The van der Waals surface area contributed by atoms with E-state index in [0.717, 1.165) is 11.8 Å². The fourth-order valence-electron chi connectivity index (χ4n) is 2.19. The molecule has 21 heavy (non-hydrogen) atoms. The van der Waals surface area contributed by atoms with E-state index in [-0.39, 0.29) is 0 Å².